The van der Waals surface area contributed by atoms with Crippen LogP contribution in [0.3, 0.4) is 0 Å². The van der Waals surface area contributed by atoms with Crippen molar-refractivity contribution in [3.8, 4) is 22.9 Å². The van der Waals surface area contributed by atoms with Crippen LogP contribution in [0.2, 0.25) is 0 Å². The van der Waals surface area contributed by atoms with Gasteiger partial charge in [-0.1, -0.05) is 11.8 Å². The molecule has 0 atom stereocenters. The van der Waals surface area contributed by atoms with Crippen molar-refractivity contribution < 1.29 is 14.3 Å². The van der Waals surface area contributed by atoms with Gasteiger partial charge < -0.3 is 19.4 Å². The van der Waals surface area contributed by atoms with Crippen LogP contribution < -0.4 is 14.8 Å². The Hall–Kier alpha value is -3.07. The van der Waals surface area contributed by atoms with E-state index < -0.39 is 0 Å². The van der Waals surface area contributed by atoms with Crippen molar-refractivity contribution >= 4 is 23.4 Å². The molecule has 27 heavy (non-hydrogen) atoms. The number of hydrogen-bond acceptors (Lipinski definition) is 7. The Bertz CT molecular complexity index is 961. The number of benzene rings is 1. The van der Waals surface area contributed by atoms with Gasteiger partial charge in [0.25, 0.3) is 0 Å². The third-order valence-corrected chi connectivity index (χ3v) is 4.93. The summed E-state index contributed by atoms with van der Waals surface area (Å²) in [5, 5.41) is 12.0. The summed E-state index contributed by atoms with van der Waals surface area (Å²) in [5.41, 5.74) is 1.61. The Morgan fingerprint density at radius 1 is 1.19 bits per heavy atom. The van der Waals surface area contributed by atoms with E-state index in [2.05, 4.69) is 20.5 Å². The standard InChI is InChI=1S/C18H17N5O3S/c1-2-23-17(12-5-7-19-8-6-12)21-22-18(23)27-10-16(24)20-13-3-4-14-15(9-13)26-11-25-14/h3-9H,2,10-11H2,1H3,(H,20,24). The fourth-order valence-corrected chi connectivity index (χ4v) is 3.50. The number of thioether (sulfide) groups is 1. The number of pyridine rings is 1. The van der Waals surface area contributed by atoms with E-state index in [-0.39, 0.29) is 18.5 Å². The van der Waals surface area contributed by atoms with Gasteiger partial charge in [-0.25, -0.2) is 0 Å². The molecule has 0 aliphatic carbocycles. The predicted octanol–water partition coefficient (Wildman–Crippen LogP) is 2.82. The van der Waals surface area contributed by atoms with Gasteiger partial charge in [0.05, 0.1) is 5.75 Å². The molecule has 3 heterocycles. The third-order valence-electron chi connectivity index (χ3n) is 3.96. The summed E-state index contributed by atoms with van der Waals surface area (Å²) in [6.45, 7) is 2.93. The number of nitrogens with zero attached hydrogens (tertiary/aromatic N) is 4. The van der Waals surface area contributed by atoms with Crippen LogP contribution >= 0.6 is 11.8 Å². The van der Waals surface area contributed by atoms with Crippen LogP contribution in [0.1, 0.15) is 6.92 Å². The molecule has 138 valence electrons. The topological polar surface area (TPSA) is 91.2 Å². The van der Waals surface area contributed by atoms with Crippen molar-refractivity contribution in [2.24, 2.45) is 0 Å². The second-order valence-electron chi connectivity index (χ2n) is 5.69. The van der Waals surface area contributed by atoms with Gasteiger partial charge in [0, 0.05) is 36.3 Å². The number of nitrogens with one attached hydrogen (secondary N) is 1. The normalized spacial score (nSPS) is 12.2. The molecule has 1 aliphatic rings. The maximum Gasteiger partial charge on any atom is 0.234 e. The van der Waals surface area contributed by atoms with Crippen molar-refractivity contribution in [2.75, 3.05) is 17.9 Å². The van der Waals surface area contributed by atoms with Crippen LogP contribution in [0.25, 0.3) is 11.4 Å². The Balaban J connectivity index is 1.41. The average molecular weight is 383 g/mol. The maximum absolute atomic E-state index is 12.3. The lowest BCUT2D eigenvalue weighted by Crippen LogP contribution is -2.14. The molecule has 1 amide bonds. The molecule has 8 nitrogen and oxygen atoms in total. The quantitative estimate of drug-likeness (QED) is 0.655. The number of carbonyl (C=O) groups is 1. The number of carbonyl (C=O) groups excluding carboxylic acids is 1. The Morgan fingerprint density at radius 3 is 2.81 bits per heavy atom. The van der Waals surface area contributed by atoms with E-state index in [1.165, 1.54) is 11.8 Å². The van der Waals surface area contributed by atoms with Crippen molar-refractivity contribution in [1.82, 2.24) is 19.7 Å². The molecule has 3 aromatic rings. The first-order valence-corrected chi connectivity index (χ1v) is 9.39. The fourth-order valence-electron chi connectivity index (χ4n) is 2.70. The highest BCUT2D eigenvalue weighted by atomic mass is 32.2. The summed E-state index contributed by atoms with van der Waals surface area (Å²) >= 11 is 1.35. The number of hydrogen-bond donors (Lipinski definition) is 1. The summed E-state index contributed by atoms with van der Waals surface area (Å²) in [6.07, 6.45) is 3.44. The minimum Gasteiger partial charge on any atom is -0.454 e. The first-order valence-electron chi connectivity index (χ1n) is 8.40. The van der Waals surface area contributed by atoms with Gasteiger partial charge in [-0.2, -0.15) is 0 Å². The van der Waals surface area contributed by atoms with E-state index in [9.17, 15) is 4.79 Å². The highest BCUT2D eigenvalue weighted by molar-refractivity contribution is 7.99. The molecule has 0 spiro atoms. The van der Waals surface area contributed by atoms with Gasteiger partial charge in [-0.15, -0.1) is 10.2 Å². The van der Waals surface area contributed by atoms with Crippen molar-refractivity contribution in [2.45, 2.75) is 18.6 Å². The zero-order valence-corrected chi connectivity index (χ0v) is 15.4. The van der Waals surface area contributed by atoms with E-state index in [1.54, 1.807) is 30.6 Å². The SMILES string of the molecule is CCn1c(SCC(=O)Nc2ccc3c(c2)OCO3)nnc1-c1ccncc1. The van der Waals surface area contributed by atoms with Crippen molar-refractivity contribution in [1.29, 1.82) is 0 Å². The van der Waals surface area contributed by atoms with Gasteiger partial charge >= 0.3 is 0 Å². The summed E-state index contributed by atoms with van der Waals surface area (Å²) in [7, 11) is 0. The lowest BCUT2D eigenvalue weighted by Gasteiger charge is -2.08. The zero-order chi connectivity index (χ0) is 18.6. The third kappa shape index (κ3) is 3.72. The second kappa shape index (κ2) is 7.67. The largest absolute Gasteiger partial charge is 0.454 e. The van der Waals surface area contributed by atoms with Gasteiger partial charge in [0.1, 0.15) is 0 Å². The van der Waals surface area contributed by atoms with Crippen LogP contribution in [0.4, 0.5) is 5.69 Å². The highest BCUT2D eigenvalue weighted by Crippen LogP contribution is 2.34. The molecule has 0 fully saturated rings. The fraction of sp³-hybridized carbons (Fsp3) is 0.222. The number of fused-ring (bicyclic) bond motifs is 1. The molecule has 0 radical (unpaired) electrons. The molecule has 0 saturated heterocycles. The number of anilines is 1. The second-order valence-corrected chi connectivity index (χ2v) is 6.63. The first kappa shape index (κ1) is 17.3. The van der Waals surface area contributed by atoms with Gasteiger partial charge in [0.2, 0.25) is 12.7 Å². The molecule has 0 bridgehead atoms. The summed E-state index contributed by atoms with van der Waals surface area (Å²) < 4.78 is 12.6. The molecule has 1 aliphatic heterocycles. The Labute approximate surface area is 159 Å². The first-order chi connectivity index (χ1) is 13.2. The molecule has 0 unspecified atom stereocenters. The number of amides is 1. The molecule has 1 N–H and O–H groups in total. The van der Waals surface area contributed by atoms with Gasteiger partial charge in [-0.3, -0.25) is 9.78 Å². The zero-order valence-electron chi connectivity index (χ0n) is 14.6. The molecular formula is C18H17N5O3S. The smallest absolute Gasteiger partial charge is 0.234 e. The van der Waals surface area contributed by atoms with Crippen LogP contribution in [-0.4, -0.2) is 38.2 Å². The molecule has 9 heteroatoms. The molecule has 0 saturated carbocycles. The summed E-state index contributed by atoms with van der Waals surface area (Å²) in [5.74, 6) is 2.17. The van der Waals surface area contributed by atoms with Crippen LogP contribution in [-0.2, 0) is 11.3 Å². The van der Waals surface area contributed by atoms with Gasteiger partial charge in [-0.05, 0) is 31.2 Å². The highest BCUT2D eigenvalue weighted by Gasteiger charge is 2.16. The lowest BCUT2D eigenvalue weighted by molar-refractivity contribution is -0.113. The Kier molecular flexibility index (Phi) is 4.93. The lowest BCUT2D eigenvalue weighted by atomic mass is 10.2. The molecule has 2 aromatic heterocycles. The predicted molar refractivity (Wildman–Crippen MR) is 101 cm³/mol. The van der Waals surface area contributed by atoms with Crippen molar-refractivity contribution in [3.63, 3.8) is 0 Å². The van der Waals surface area contributed by atoms with E-state index >= 15 is 0 Å². The minimum absolute atomic E-state index is 0.130. The van der Waals surface area contributed by atoms with Crippen LogP contribution in [0.5, 0.6) is 11.5 Å². The van der Waals surface area contributed by atoms with E-state index in [4.69, 9.17) is 9.47 Å². The minimum atomic E-state index is -0.130. The number of aromatic nitrogens is 4. The summed E-state index contributed by atoms with van der Waals surface area (Å²) in [6, 6.07) is 9.08. The van der Waals surface area contributed by atoms with E-state index in [0.29, 0.717) is 28.9 Å². The maximum atomic E-state index is 12.3. The monoisotopic (exact) mass is 383 g/mol. The van der Waals surface area contributed by atoms with Crippen molar-refractivity contribution in [3.05, 3.63) is 42.7 Å². The molecule has 1 aromatic carbocycles. The van der Waals surface area contributed by atoms with E-state index in [1.807, 2.05) is 23.6 Å². The molecule has 4 rings (SSSR count). The van der Waals surface area contributed by atoms with E-state index in [0.717, 1.165) is 11.4 Å². The number of rotatable bonds is 6. The molecular weight excluding hydrogens is 366 g/mol. The van der Waals surface area contributed by atoms with Gasteiger partial charge in [0.15, 0.2) is 22.5 Å². The summed E-state index contributed by atoms with van der Waals surface area (Å²) in [4.78, 5) is 16.3. The number of ether oxygens (including phenoxy) is 2. The van der Waals surface area contributed by atoms with Crippen LogP contribution in [0.15, 0.2) is 47.9 Å². The Morgan fingerprint density at radius 2 is 2.00 bits per heavy atom. The van der Waals surface area contributed by atoms with Crippen LogP contribution in [0, 0.1) is 0 Å². The average Bonchev–Trinajstić information content (AvgIpc) is 3.33.